The van der Waals surface area contributed by atoms with E-state index in [0.717, 1.165) is 102 Å². The van der Waals surface area contributed by atoms with Crippen molar-refractivity contribution in [2.75, 3.05) is 0 Å². The first-order chi connectivity index (χ1) is 44.9. The minimum atomic E-state index is -0.375. The zero-order valence-corrected chi connectivity index (χ0v) is 71.6. The molecule has 0 spiro atoms. The Morgan fingerprint density at radius 3 is 0.800 bits per heavy atom. The van der Waals surface area contributed by atoms with Gasteiger partial charge in [0.2, 0.25) is 0 Å². The van der Waals surface area contributed by atoms with E-state index in [-0.39, 0.29) is 145 Å². The predicted octanol–water partition coefficient (Wildman–Crippen LogP) is 13.5. The van der Waals surface area contributed by atoms with Crippen LogP contribution in [0.25, 0.3) is 56.3 Å². The first kappa shape index (κ1) is 96.5. The molecule has 19 nitrogen and oxygen atoms in total. The van der Waals surface area contributed by atoms with Crippen LogP contribution in [0.15, 0.2) is 117 Å². The summed E-state index contributed by atoms with van der Waals surface area (Å²) < 4.78 is 0. The molecule has 9 rings (SSSR count). The molecule has 0 bridgehead atoms. The van der Waals surface area contributed by atoms with E-state index in [2.05, 4.69) is 151 Å². The molecule has 0 aromatic carbocycles. The van der Waals surface area contributed by atoms with Crippen LogP contribution in [-0.4, -0.2) is 132 Å². The molecule has 0 amide bonds. The molecule has 0 saturated heterocycles. The largest absolute Gasteiger partial charge is 0.393 e. The zero-order chi connectivity index (χ0) is 72.1. The Morgan fingerprint density at radius 2 is 0.570 bits per heavy atom. The third-order valence-corrected chi connectivity index (χ3v) is 14.4. The Labute approximate surface area is 650 Å². The second-order valence-corrected chi connectivity index (χ2v) is 27.5. The molecule has 0 aliphatic carbocycles. The summed E-state index contributed by atoms with van der Waals surface area (Å²) in [5.41, 5.74) is 16.9. The maximum absolute atomic E-state index is 9.39. The summed E-state index contributed by atoms with van der Waals surface area (Å²) in [4.78, 5) is 55.9. The average Bonchev–Trinajstić information content (AvgIpc) is 0.841. The smallest absolute Gasteiger partial charge is 0.106 e. The molecule has 9 aromatic heterocycles. The molecule has 6 N–H and O–H groups in total. The summed E-state index contributed by atoms with van der Waals surface area (Å²) in [6.45, 7) is 43.5. The Morgan fingerprint density at radius 1 is 0.320 bits per heavy atom. The summed E-state index contributed by atoms with van der Waals surface area (Å²) in [5.74, 6) is 0.479. The van der Waals surface area contributed by atoms with E-state index in [9.17, 15) is 10.2 Å². The van der Waals surface area contributed by atoms with E-state index in [1.165, 1.54) is 0 Å². The van der Waals surface area contributed by atoms with Gasteiger partial charge in [-0.15, -0.1) is 70.8 Å². The van der Waals surface area contributed by atoms with Crippen molar-refractivity contribution < 1.29 is 111 Å². The quantitative estimate of drug-likeness (QED) is 0.0585. The van der Waals surface area contributed by atoms with Crippen LogP contribution in [-0.2, 0) is 96.7 Å². The second kappa shape index (κ2) is 47.6. The first-order valence-corrected chi connectivity index (χ1v) is 32.6. The Kier molecular flexibility index (Phi) is 46.0. The van der Waals surface area contributed by atoms with E-state index in [1.807, 2.05) is 98.7 Å². The van der Waals surface area contributed by atoms with Gasteiger partial charge in [0, 0.05) is 131 Å². The molecule has 0 aliphatic rings. The monoisotopic (exact) mass is 2080 g/mol. The number of hydrogen-bond donors (Lipinski definition) is 6. The van der Waals surface area contributed by atoms with E-state index < -0.39 is 0 Å². The van der Waals surface area contributed by atoms with Crippen molar-refractivity contribution >= 4 is 0 Å². The molecule has 100 heavy (non-hydrogen) atoms. The minimum absolute atomic E-state index is 0. The van der Waals surface area contributed by atoms with Gasteiger partial charge in [-0.25, -0.2) is 19.9 Å². The third-order valence-electron chi connectivity index (χ3n) is 14.4. The Bertz CT molecular complexity index is 3400. The molecule has 23 heteroatoms. The number of nitrogens with zero attached hydrogens (tertiary/aromatic N) is 13. The van der Waals surface area contributed by atoms with Crippen molar-refractivity contribution in [1.82, 2.24) is 64.8 Å². The van der Waals surface area contributed by atoms with Gasteiger partial charge in [-0.3, -0.25) is 24.9 Å². The van der Waals surface area contributed by atoms with Gasteiger partial charge in [0.05, 0.1) is 42.3 Å². The summed E-state index contributed by atoms with van der Waals surface area (Å²) >= 11 is 0. The summed E-state index contributed by atoms with van der Waals surface area (Å²) in [6.07, 6.45) is 14.3. The molecule has 9 heterocycles. The molecule has 9 aromatic rings. The van der Waals surface area contributed by atoms with Crippen LogP contribution < -0.4 is 0 Å². The van der Waals surface area contributed by atoms with Gasteiger partial charge in [-0.05, 0) is 123 Å². The van der Waals surface area contributed by atoms with Gasteiger partial charge in [0.15, 0.2) is 0 Å². The van der Waals surface area contributed by atoms with Crippen LogP contribution in [0.5, 0.6) is 0 Å². The maximum Gasteiger partial charge on any atom is 0.106 e. The molecule has 0 aliphatic heterocycles. The van der Waals surface area contributed by atoms with Gasteiger partial charge in [0.1, 0.15) is 25.3 Å². The van der Waals surface area contributed by atoms with E-state index >= 15 is 0 Å². The molecule has 0 saturated carbocycles. The molecule has 6 atom stereocenters. The standard InChI is InChI=1S/C16H13N4.3C14H16N3.C9H20O2.2C5H12O2.4Ir/c1-11-13(5-3-7-17-11)15-9-16(20-10-19-15)14-6-4-8-18-12(14)2;3*1-10-11(6-5-7-15-10)12-8-13(14(2,3)4)17-9-16-12;1-6(2)8(10)5-9(11)7(3)4;2*1-4(6)3-5(2)7;;;;/h3-5,7-10H,1-2H3;3*5,7-9H,1-4H3;6-11H,5H2,1-4H3;2*4-7H,3H2,1-2H3;;;;/q4*-1;;;;;;;. The predicted molar refractivity (Wildman–Crippen MR) is 382 cm³/mol. The fraction of sp³-hybridized carbons (Fsp3) is 0.468. The van der Waals surface area contributed by atoms with Crippen LogP contribution in [0.3, 0.4) is 0 Å². The van der Waals surface area contributed by atoms with Gasteiger partial charge >= 0.3 is 0 Å². The van der Waals surface area contributed by atoms with Crippen LogP contribution in [0.1, 0.15) is 183 Å². The van der Waals surface area contributed by atoms with E-state index in [1.54, 1.807) is 108 Å². The number of hydrogen-bond acceptors (Lipinski definition) is 19. The van der Waals surface area contributed by atoms with Crippen molar-refractivity contribution in [2.24, 2.45) is 11.8 Å². The second-order valence-electron chi connectivity index (χ2n) is 27.5. The topological polar surface area (TPSA) is 289 Å². The average molecular weight is 2080 g/mol. The maximum atomic E-state index is 9.39. The Hall–Kier alpha value is -5.57. The van der Waals surface area contributed by atoms with Crippen LogP contribution in [0.2, 0.25) is 0 Å². The number of aryl methyl sites for hydroxylation is 5. The summed E-state index contributed by atoms with van der Waals surface area (Å²) in [6, 6.07) is 31.8. The fourth-order valence-corrected chi connectivity index (χ4v) is 8.68. The third kappa shape index (κ3) is 35.5. The Balaban J connectivity index is 0. The van der Waals surface area contributed by atoms with Crippen LogP contribution in [0.4, 0.5) is 0 Å². The molecule has 554 valence electrons. The van der Waals surface area contributed by atoms with Gasteiger partial charge in [-0.2, -0.15) is 0 Å². The van der Waals surface area contributed by atoms with E-state index in [0.29, 0.717) is 19.3 Å². The SMILES string of the molecule is CC(C)C(O)CC(O)C(C)C.CC(O)CC(C)O.CC(O)CC(C)O.Cc1ncc[c-]c1-c1cc(-c2cccnc2C)ncn1.Cc1ncc[c-]c1-c1cc(C(C)(C)C)ncn1.Cc1ncc[c-]c1-c1cc(C(C)(C)C)ncn1.Cc1ncc[c-]c1-c1cc(C(C)(C)C)ncn1.[Ir].[Ir].[Ir].[Ir]. The van der Waals surface area contributed by atoms with Crippen molar-refractivity contribution in [2.45, 2.75) is 224 Å². The minimum Gasteiger partial charge on any atom is -0.393 e. The summed E-state index contributed by atoms with van der Waals surface area (Å²) in [7, 11) is 0. The number of aliphatic hydroxyl groups is 6. The first-order valence-electron chi connectivity index (χ1n) is 32.6. The van der Waals surface area contributed by atoms with Gasteiger partial charge < -0.3 is 50.6 Å². The van der Waals surface area contributed by atoms with E-state index in [4.69, 9.17) is 20.4 Å². The van der Waals surface area contributed by atoms with Crippen LogP contribution >= 0.6 is 0 Å². The summed E-state index contributed by atoms with van der Waals surface area (Å²) in [5, 5.41) is 53.0. The molecule has 0 fully saturated rings. The molecule has 4 radical (unpaired) electrons. The van der Waals surface area contributed by atoms with Gasteiger partial charge in [0.25, 0.3) is 0 Å². The fourth-order valence-electron chi connectivity index (χ4n) is 8.68. The van der Waals surface area contributed by atoms with Crippen molar-refractivity contribution in [1.29, 1.82) is 0 Å². The molecular weight excluding hydrogens is 1970 g/mol. The number of aliphatic hydroxyl groups excluding tert-OH is 6. The normalized spacial score (nSPS) is 12.5. The number of pyridine rings is 5. The zero-order valence-electron chi connectivity index (χ0n) is 62.0. The van der Waals surface area contributed by atoms with Crippen molar-refractivity contribution in [3.63, 3.8) is 0 Å². The number of aromatic nitrogens is 13. The van der Waals surface area contributed by atoms with Gasteiger partial charge in [-0.1, -0.05) is 167 Å². The molecular formula is C77H105Ir4N13O6-4. The molecule has 6 unspecified atom stereocenters. The number of rotatable bonds is 13. The van der Waals surface area contributed by atoms with Crippen molar-refractivity contribution in [3.05, 3.63) is 187 Å². The van der Waals surface area contributed by atoms with Crippen LogP contribution in [0, 0.1) is 70.7 Å². The van der Waals surface area contributed by atoms with Crippen molar-refractivity contribution in [3.8, 4) is 56.3 Å².